The molecule has 2 fully saturated rings. The highest BCUT2D eigenvalue weighted by molar-refractivity contribution is 6.32. The van der Waals surface area contributed by atoms with Crippen LogP contribution < -0.4 is 14.8 Å². The second kappa shape index (κ2) is 5.12. The Hall–Kier alpha value is -0.930. The van der Waals surface area contributed by atoms with Gasteiger partial charge >= 0.3 is 0 Å². The van der Waals surface area contributed by atoms with Crippen LogP contribution in [-0.4, -0.2) is 19.3 Å². The van der Waals surface area contributed by atoms with Gasteiger partial charge in [0.1, 0.15) is 13.2 Å². The Labute approximate surface area is 124 Å². The van der Waals surface area contributed by atoms with Crippen molar-refractivity contribution < 1.29 is 9.47 Å². The number of benzene rings is 1. The number of hydrogen-bond acceptors (Lipinski definition) is 3. The fourth-order valence-corrected chi connectivity index (χ4v) is 3.42. The Morgan fingerprint density at radius 1 is 1.10 bits per heavy atom. The third-order valence-corrected chi connectivity index (χ3v) is 4.74. The summed E-state index contributed by atoms with van der Waals surface area (Å²) in [5.74, 6) is 3.31. The predicted molar refractivity (Wildman–Crippen MR) is 78.5 cm³/mol. The van der Waals surface area contributed by atoms with Gasteiger partial charge in [-0.1, -0.05) is 11.6 Å². The Morgan fingerprint density at radius 2 is 1.80 bits per heavy atom. The van der Waals surface area contributed by atoms with Gasteiger partial charge in [0.25, 0.3) is 0 Å². The smallest absolute Gasteiger partial charge is 0.179 e. The summed E-state index contributed by atoms with van der Waals surface area (Å²) in [5.41, 5.74) is 1.19. The van der Waals surface area contributed by atoms with Gasteiger partial charge in [-0.25, -0.2) is 0 Å². The molecule has 0 radical (unpaired) electrons. The summed E-state index contributed by atoms with van der Waals surface area (Å²) in [6.07, 6.45) is 5.60. The zero-order valence-electron chi connectivity index (χ0n) is 11.5. The fraction of sp³-hybridized carbons (Fsp3) is 0.625. The summed E-state index contributed by atoms with van der Waals surface area (Å²) in [6, 6.07) is 4.77. The highest BCUT2D eigenvalue weighted by Gasteiger charge is 2.40. The number of ether oxygens (including phenoxy) is 2. The Kier molecular flexibility index (Phi) is 3.27. The SMILES string of the molecule is Clc1cc(CNC(C2CC2)C2CC2)cc2c1OCCO2. The minimum absolute atomic E-state index is 0.579. The van der Waals surface area contributed by atoms with Crippen molar-refractivity contribution in [2.75, 3.05) is 13.2 Å². The van der Waals surface area contributed by atoms with E-state index in [0.717, 1.165) is 24.1 Å². The van der Waals surface area contributed by atoms with E-state index in [-0.39, 0.29) is 0 Å². The maximum atomic E-state index is 6.28. The summed E-state index contributed by atoms with van der Waals surface area (Å²) >= 11 is 6.28. The van der Waals surface area contributed by atoms with Crippen molar-refractivity contribution in [1.82, 2.24) is 5.32 Å². The average Bonchev–Trinajstić information content (AvgIpc) is 3.33. The van der Waals surface area contributed by atoms with Crippen molar-refractivity contribution >= 4 is 11.6 Å². The van der Waals surface area contributed by atoms with E-state index in [1.807, 2.05) is 6.07 Å². The van der Waals surface area contributed by atoms with Gasteiger partial charge in [0, 0.05) is 12.6 Å². The Bertz CT molecular complexity index is 499. The molecule has 0 saturated heterocycles. The van der Waals surface area contributed by atoms with Crippen molar-refractivity contribution in [2.45, 2.75) is 38.3 Å². The lowest BCUT2D eigenvalue weighted by Gasteiger charge is -2.22. The number of halogens is 1. The lowest BCUT2D eigenvalue weighted by Crippen LogP contribution is -2.32. The summed E-state index contributed by atoms with van der Waals surface area (Å²) in [6.45, 7) is 2.05. The molecule has 4 rings (SSSR count). The van der Waals surface area contributed by atoms with Gasteiger partial charge in [0.2, 0.25) is 0 Å². The molecule has 3 aliphatic rings. The maximum absolute atomic E-state index is 6.28. The summed E-state index contributed by atoms with van der Waals surface area (Å²) in [7, 11) is 0. The van der Waals surface area contributed by atoms with Crippen molar-refractivity contribution in [1.29, 1.82) is 0 Å². The third-order valence-electron chi connectivity index (χ3n) is 4.46. The zero-order chi connectivity index (χ0) is 13.5. The van der Waals surface area contributed by atoms with E-state index >= 15 is 0 Å². The first-order valence-electron chi connectivity index (χ1n) is 7.62. The van der Waals surface area contributed by atoms with Gasteiger partial charge in [-0.05, 0) is 55.2 Å². The van der Waals surface area contributed by atoms with Crippen LogP contribution in [0.25, 0.3) is 0 Å². The molecule has 2 saturated carbocycles. The van der Waals surface area contributed by atoms with Crippen molar-refractivity contribution in [3.8, 4) is 11.5 Å². The number of hydrogen-bond donors (Lipinski definition) is 1. The lowest BCUT2D eigenvalue weighted by molar-refractivity contribution is 0.171. The molecule has 1 aliphatic heterocycles. The van der Waals surface area contributed by atoms with Gasteiger partial charge in [-0.15, -0.1) is 0 Å². The normalized spacial score (nSPS) is 21.3. The summed E-state index contributed by atoms with van der Waals surface area (Å²) in [5, 5.41) is 4.40. The molecule has 1 heterocycles. The largest absolute Gasteiger partial charge is 0.486 e. The topological polar surface area (TPSA) is 30.5 Å². The van der Waals surface area contributed by atoms with E-state index in [2.05, 4.69) is 11.4 Å². The van der Waals surface area contributed by atoms with Gasteiger partial charge < -0.3 is 14.8 Å². The number of nitrogens with one attached hydrogen (secondary N) is 1. The van der Waals surface area contributed by atoms with Gasteiger partial charge in [0.05, 0.1) is 5.02 Å². The molecular weight excluding hydrogens is 274 g/mol. The molecule has 0 aromatic heterocycles. The molecule has 0 atom stereocenters. The van der Waals surface area contributed by atoms with E-state index in [0.29, 0.717) is 30.0 Å². The first kappa shape index (κ1) is 12.8. The summed E-state index contributed by atoms with van der Waals surface area (Å²) in [4.78, 5) is 0. The van der Waals surface area contributed by atoms with Gasteiger partial charge in [-0.3, -0.25) is 0 Å². The van der Waals surface area contributed by atoms with E-state index in [4.69, 9.17) is 21.1 Å². The highest BCUT2D eigenvalue weighted by Crippen LogP contribution is 2.45. The highest BCUT2D eigenvalue weighted by atomic mass is 35.5. The molecule has 0 unspecified atom stereocenters. The quantitative estimate of drug-likeness (QED) is 0.903. The molecule has 4 heteroatoms. The molecule has 2 aliphatic carbocycles. The monoisotopic (exact) mass is 293 g/mol. The Balaban J connectivity index is 1.46. The minimum atomic E-state index is 0.579. The van der Waals surface area contributed by atoms with Crippen LogP contribution in [0.4, 0.5) is 0 Å². The molecule has 0 amide bonds. The molecule has 1 aromatic rings. The molecule has 20 heavy (non-hydrogen) atoms. The molecule has 1 aromatic carbocycles. The van der Waals surface area contributed by atoms with Crippen molar-refractivity contribution in [2.24, 2.45) is 11.8 Å². The lowest BCUT2D eigenvalue weighted by atomic mass is 10.1. The third kappa shape index (κ3) is 2.61. The standard InChI is InChI=1S/C16H20ClNO2/c17-13-7-10(8-14-16(13)20-6-5-19-14)9-18-15(11-1-2-11)12-3-4-12/h7-8,11-12,15,18H,1-6,9H2. The van der Waals surface area contributed by atoms with Gasteiger partial charge in [0.15, 0.2) is 11.5 Å². The second-order valence-electron chi connectivity index (χ2n) is 6.18. The van der Waals surface area contributed by atoms with Crippen LogP contribution in [-0.2, 0) is 6.54 Å². The van der Waals surface area contributed by atoms with Crippen molar-refractivity contribution in [3.63, 3.8) is 0 Å². The van der Waals surface area contributed by atoms with E-state index in [9.17, 15) is 0 Å². The predicted octanol–water partition coefficient (Wildman–Crippen LogP) is 3.39. The van der Waals surface area contributed by atoms with Crippen LogP contribution in [0.1, 0.15) is 31.2 Å². The van der Waals surface area contributed by atoms with E-state index < -0.39 is 0 Å². The van der Waals surface area contributed by atoms with Crippen LogP contribution >= 0.6 is 11.6 Å². The van der Waals surface area contributed by atoms with Crippen LogP contribution in [0.3, 0.4) is 0 Å². The first-order chi connectivity index (χ1) is 9.81. The van der Waals surface area contributed by atoms with Crippen LogP contribution in [0.5, 0.6) is 11.5 Å². The van der Waals surface area contributed by atoms with E-state index in [1.165, 1.54) is 31.2 Å². The summed E-state index contributed by atoms with van der Waals surface area (Å²) < 4.78 is 11.2. The second-order valence-corrected chi connectivity index (χ2v) is 6.59. The van der Waals surface area contributed by atoms with Crippen LogP contribution in [0.15, 0.2) is 12.1 Å². The van der Waals surface area contributed by atoms with Crippen LogP contribution in [0.2, 0.25) is 5.02 Å². The molecular formula is C16H20ClNO2. The van der Waals surface area contributed by atoms with Gasteiger partial charge in [-0.2, -0.15) is 0 Å². The number of rotatable bonds is 5. The average molecular weight is 294 g/mol. The molecule has 108 valence electrons. The fourth-order valence-electron chi connectivity index (χ4n) is 3.13. The Morgan fingerprint density at radius 3 is 2.50 bits per heavy atom. The molecule has 3 nitrogen and oxygen atoms in total. The van der Waals surface area contributed by atoms with Crippen LogP contribution in [0, 0.1) is 11.8 Å². The first-order valence-corrected chi connectivity index (χ1v) is 8.00. The molecule has 0 spiro atoms. The number of fused-ring (bicyclic) bond motifs is 1. The van der Waals surface area contributed by atoms with E-state index in [1.54, 1.807) is 0 Å². The molecule has 1 N–H and O–H groups in total. The van der Waals surface area contributed by atoms with Crippen molar-refractivity contribution in [3.05, 3.63) is 22.7 Å². The molecule has 0 bridgehead atoms. The zero-order valence-corrected chi connectivity index (χ0v) is 12.3. The minimum Gasteiger partial charge on any atom is -0.486 e. The maximum Gasteiger partial charge on any atom is 0.179 e.